The standard InChI is InChI=1S/C15H29N3S/c1-5-18(11-8-16-13(2)3)10-6-7-14(4)15-17-9-12-19-15/h9,12-14,16H,5-8,10-11H2,1-4H3. The highest BCUT2D eigenvalue weighted by molar-refractivity contribution is 7.09. The minimum Gasteiger partial charge on any atom is -0.313 e. The zero-order chi connectivity index (χ0) is 14.1. The van der Waals surface area contributed by atoms with Gasteiger partial charge in [0, 0.05) is 36.6 Å². The highest BCUT2D eigenvalue weighted by atomic mass is 32.1. The van der Waals surface area contributed by atoms with E-state index < -0.39 is 0 Å². The minimum atomic E-state index is 0.587. The number of thiazole rings is 1. The first-order valence-corrected chi connectivity index (χ1v) is 8.36. The molecule has 0 aromatic carbocycles. The molecule has 19 heavy (non-hydrogen) atoms. The maximum absolute atomic E-state index is 4.40. The second-order valence-electron chi connectivity index (χ2n) is 5.46. The molecule has 1 rings (SSSR count). The van der Waals surface area contributed by atoms with Crippen molar-refractivity contribution in [3.8, 4) is 0 Å². The third kappa shape index (κ3) is 7.04. The molecule has 0 aliphatic heterocycles. The van der Waals surface area contributed by atoms with Crippen LogP contribution < -0.4 is 5.32 Å². The first-order chi connectivity index (χ1) is 9.13. The van der Waals surface area contributed by atoms with Gasteiger partial charge in [0.1, 0.15) is 0 Å². The van der Waals surface area contributed by atoms with Crippen LogP contribution in [-0.4, -0.2) is 42.1 Å². The third-order valence-electron chi connectivity index (χ3n) is 3.41. The van der Waals surface area contributed by atoms with Crippen LogP contribution in [0.4, 0.5) is 0 Å². The molecule has 0 aliphatic carbocycles. The second kappa shape index (κ2) is 9.45. The molecule has 0 bridgehead atoms. The van der Waals surface area contributed by atoms with Gasteiger partial charge in [-0.25, -0.2) is 4.98 Å². The predicted molar refractivity (Wildman–Crippen MR) is 85.0 cm³/mol. The smallest absolute Gasteiger partial charge is 0.0953 e. The van der Waals surface area contributed by atoms with Crippen molar-refractivity contribution in [3.63, 3.8) is 0 Å². The highest BCUT2D eigenvalue weighted by Gasteiger charge is 2.09. The Hall–Kier alpha value is -0.450. The molecule has 0 radical (unpaired) electrons. The van der Waals surface area contributed by atoms with Crippen LogP contribution in [0.25, 0.3) is 0 Å². The average molecular weight is 283 g/mol. The van der Waals surface area contributed by atoms with Crippen LogP contribution in [0.5, 0.6) is 0 Å². The number of aromatic nitrogens is 1. The lowest BCUT2D eigenvalue weighted by Crippen LogP contribution is -2.35. The Balaban J connectivity index is 2.15. The molecule has 0 amide bonds. The normalized spacial score (nSPS) is 13.4. The molecule has 3 nitrogen and oxygen atoms in total. The van der Waals surface area contributed by atoms with E-state index in [1.807, 2.05) is 6.20 Å². The van der Waals surface area contributed by atoms with Crippen molar-refractivity contribution < 1.29 is 0 Å². The van der Waals surface area contributed by atoms with Crippen LogP contribution in [0.15, 0.2) is 11.6 Å². The van der Waals surface area contributed by atoms with E-state index in [9.17, 15) is 0 Å². The van der Waals surface area contributed by atoms with Gasteiger partial charge in [0.25, 0.3) is 0 Å². The molecule has 0 spiro atoms. The summed E-state index contributed by atoms with van der Waals surface area (Å²) in [5, 5.41) is 6.83. The van der Waals surface area contributed by atoms with E-state index in [0.29, 0.717) is 12.0 Å². The van der Waals surface area contributed by atoms with Gasteiger partial charge in [0.05, 0.1) is 5.01 Å². The molecular formula is C15H29N3S. The fourth-order valence-corrected chi connectivity index (χ4v) is 2.89. The number of rotatable bonds is 10. The zero-order valence-corrected chi connectivity index (χ0v) is 13.7. The molecule has 0 fully saturated rings. The van der Waals surface area contributed by atoms with Crippen molar-refractivity contribution in [2.24, 2.45) is 0 Å². The molecule has 4 heteroatoms. The minimum absolute atomic E-state index is 0.587. The van der Waals surface area contributed by atoms with Gasteiger partial charge < -0.3 is 10.2 Å². The summed E-state index contributed by atoms with van der Waals surface area (Å²) in [5.41, 5.74) is 0. The van der Waals surface area contributed by atoms with Crippen molar-refractivity contribution in [1.29, 1.82) is 0 Å². The Kier molecular flexibility index (Phi) is 8.26. The van der Waals surface area contributed by atoms with Gasteiger partial charge >= 0.3 is 0 Å². The summed E-state index contributed by atoms with van der Waals surface area (Å²) in [4.78, 5) is 6.93. The molecule has 0 aliphatic rings. The monoisotopic (exact) mass is 283 g/mol. The fraction of sp³-hybridized carbons (Fsp3) is 0.800. The summed E-state index contributed by atoms with van der Waals surface area (Å²) in [6.45, 7) is 13.5. The third-order valence-corrected chi connectivity index (χ3v) is 4.42. The summed E-state index contributed by atoms with van der Waals surface area (Å²) in [6, 6.07) is 0.587. The van der Waals surface area contributed by atoms with Gasteiger partial charge in [0.15, 0.2) is 0 Å². The Labute approximate surface area is 122 Å². The summed E-state index contributed by atoms with van der Waals surface area (Å²) in [6.07, 6.45) is 4.41. The molecule has 1 N–H and O–H groups in total. The fourth-order valence-electron chi connectivity index (χ4n) is 2.16. The van der Waals surface area contributed by atoms with Crippen LogP contribution in [0.3, 0.4) is 0 Å². The molecule has 0 saturated heterocycles. The molecule has 1 heterocycles. The summed E-state index contributed by atoms with van der Waals surface area (Å²) >= 11 is 1.78. The Morgan fingerprint density at radius 1 is 1.32 bits per heavy atom. The SMILES string of the molecule is CCN(CCCC(C)c1nccs1)CCNC(C)C. The summed E-state index contributed by atoms with van der Waals surface area (Å²) in [7, 11) is 0. The maximum atomic E-state index is 4.40. The number of nitrogens with zero attached hydrogens (tertiary/aromatic N) is 2. The topological polar surface area (TPSA) is 28.2 Å². The molecule has 1 atom stereocenters. The second-order valence-corrected chi connectivity index (χ2v) is 6.38. The molecule has 110 valence electrons. The van der Waals surface area contributed by atoms with Gasteiger partial charge in [-0.3, -0.25) is 0 Å². The van der Waals surface area contributed by atoms with Crippen molar-refractivity contribution in [1.82, 2.24) is 15.2 Å². The summed E-state index contributed by atoms with van der Waals surface area (Å²) in [5.74, 6) is 0.604. The lowest BCUT2D eigenvalue weighted by Gasteiger charge is -2.22. The lowest BCUT2D eigenvalue weighted by atomic mass is 10.1. The largest absolute Gasteiger partial charge is 0.313 e. The van der Waals surface area contributed by atoms with E-state index in [1.54, 1.807) is 11.3 Å². The van der Waals surface area contributed by atoms with E-state index >= 15 is 0 Å². The maximum Gasteiger partial charge on any atom is 0.0953 e. The van der Waals surface area contributed by atoms with Crippen molar-refractivity contribution >= 4 is 11.3 Å². The van der Waals surface area contributed by atoms with Gasteiger partial charge in [-0.15, -0.1) is 11.3 Å². The predicted octanol–water partition coefficient (Wildman–Crippen LogP) is 3.35. The molecule has 1 aromatic rings. The van der Waals surface area contributed by atoms with E-state index in [4.69, 9.17) is 0 Å². The van der Waals surface area contributed by atoms with Crippen LogP contribution in [-0.2, 0) is 0 Å². The quantitative estimate of drug-likeness (QED) is 0.714. The van der Waals surface area contributed by atoms with Crippen molar-refractivity contribution in [2.45, 2.75) is 52.5 Å². The molecule has 1 aromatic heterocycles. The van der Waals surface area contributed by atoms with Gasteiger partial charge in [-0.2, -0.15) is 0 Å². The number of hydrogen-bond acceptors (Lipinski definition) is 4. The lowest BCUT2D eigenvalue weighted by molar-refractivity contribution is 0.276. The average Bonchev–Trinajstić information content (AvgIpc) is 2.90. The Morgan fingerprint density at radius 2 is 2.11 bits per heavy atom. The molecular weight excluding hydrogens is 254 g/mol. The number of likely N-dealkylation sites (N-methyl/N-ethyl adjacent to an activating group) is 1. The zero-order valence-electron chi connectivity index (χ0n) is 12.9. The number of nitrogens with one attached hydrogen (secondary N) is 1. The summed E-state index contributed by atoms with van der Waals surface area (Å²) < 4.78 is 0. The van der Waals surface area contributed by atoms with Gasteiger partial charge in [0.2, 0.25) is 0 Å². The van der Waals surface area contributed by atoms with Crippen molar-refractivity contribution in [3.05, 3.63) is 16.6 Å². The molecule has 0 saturated carbocycles. The van der Waals surface area contributed by atoms with Crippen LogP contribution in [0, 0.1) is 0 Å². The van der Waals surface area contributed by atoms with Crippen LogP contribution >= 0.6 is 11.3 Å². The first kappa shape index (κ1) is 16.6. The highest BCUT2D eigenvalue weighted by Crippen LogP contribution is 2.22. The van der Waals surface area contributed by atoms with Crippen LogP contribution in [0.1, 0.15) is 51.5 Å². The Morgan fingerprint density at radius 3 is 2.68 bits per heavy atom. The van der Waals surface area contributed by atoms with Crippen molar-refractivity contribution in [2.75, 3.05) is 26.2 Å². The first-order valence-electron chi connectivity index (χ1n) is 7.48. The van der Waals surface area contributed by atoms with E-state index in [-0.39, 0.29) is 0 Å². The molecule has 1 unspecified atom stereocenters. The van der Waals surface area contributed by atoms with Gasteiger partial charge in [-0.05, 0) is 25.9 Å². The van der Waals surface area contributed by atoms with Crippen LogP contribution in [0.2, 0.25) is 0 Å². The van der Waals surface area contributed by atoms with Gasteiger partial charge in [-0.1, -0.05) is 27.7 Å². The Bertz CT molecular complexity index is 311. The van der Waals surface area contributed by atoms with E-state index in [1.165, 1.54) is 24.4 Å². The number of hydrogen-bond donors (Lipinski definition) is 1. The van der Waals surface area contributed by atoms with E-state index in [0.717, 1.165) is 19.6 Å². The van der Waals surface area contributed by atoms with E-state index in [2.05, 4.69) is 48.3 Å².